The molecule has 0 spiro atoms. The number of carbonyl (C=O) groups is 1. The van der Waals surface area contributed by atoms with E-state index in [4.69, 9.17) is 9.47 Å². The van der Waals surface area contributed by atoms with Gasteiger partial charge in [-0.25, -0.2) is 0 Å². The monoisotopic (exact) mass is 402 g/mol. The summed E-state index contributed by atoms with van der Waals surface area (Å²) in [5.74, 6) is 1.27. The van der Waals surface area contributed by atoms with Gasteiger partial charge < -0.3 is 19.4 Å². The molecule has 0 aliphatic rings. The topological polar surface area (TPSA) is 52.5 Å². The summed E-state index contributed by atoms with van der Waals surface area (Å²) in [5.41, 5.74) is 1.98. The fourth-order valence-corrected chi connectivity index (χ4v) is 3.09. The Morgan fingerprint density at radius 1 is 1.08 bits per heavy atom. The summed E-state index contributed by atoms with van der Waals surface area (Å²) in [7, 11) is 3.19. The summed E-state index contributed by atoms with van der Waals surface area (Å²) in [4.78, 5) is 12.3. The van der Waals surface area contributed by atoms with E-state index in [-0.39, 0.29) is 12.5 Å². The summed E-state index contributed by atoms with van der Waals surface area (Å²) in [6.07, 6.45) is 1.92. The number of fused-ring (bicyclic) bond motifs is 1. The molecule has 3 rings (SSSR count). The molecule has 0 saturated carbocycles. The Labute approximate surface area is 154 Å². The second-order valence-corrected chi connectivity index (χ2v) is 6.53. The predicted octanol–water partition coefficient (Wildman–Crippen LogP) is 3.74. The normalized spacial score (nSPS) is 10.7. The number of benzene rings is 2. The van der Waals surface area contributed by atoms with Crippen LogP contribution in [0.3, 0.4) is 0 Å². The van der Waals surface area contributed by atoms with Crippen LogP contribution in [0.5, 0.6) is 11.5 Å². The molecule has 25 heavy (non-hydrogen) atoms. The summed E-state index contributed by atoms with van der Waals surface area (Å²) in [5, 5.41) is 4.04. The van der Waals surface area contributed by atoms with E-state index in [0.717, 1.165) is 20.9 Å². The maximum absolute atomic E-state index is 12.3. The standard InChI is InChI=1S/C19H19BrN2O3/c1-24-17-6-3-13(9-18(17)25-2)11-21-19(23)12-22-8-7-14-10-15(20)4-5-16(14)22/h3-10H,11-12H2,1-2H3,(H,21,23). The molecule has 0 aliphatic heterocycles. The molecule has 0 saturated heterocycles. The Hall–Kier alpha value is -2.47. The number of carbonyl (C=O) groups excluding carboxylic acids is 1. The Bertz CT molecular complexity index is 905. The first-order valence-electron chi connectivity index (χ1n) is 7.82. The van der Waals surface area contributed by atoms with Crippen molar-refractivity contribution in [3.05, 3.63) is 58.7 Å². The fraction of sp³-hybridized carbons (Fsp3) is 0.211. The van der Waals surface area contributed by atoms with Gasteiger partial charge in [-0.2, -0.15) is 0 Å². The van der Waals surface area contributed by atoms with Gasteiger partial charge in [-0.1, -0.05) is 22.0 Å². The SMILES string of the molecule is COc1ccc(CNC(=O)Cn2ccc3cc(Br)ccc32)cc1OC. The van der Waals surface area contributed by atoms with Crippen LogP contribution in [-0.4, -0.2) is 24.7 Å². The number of halogens is 1. The van der Waals surface area contributed by atoms with Gasteiger partial charge in [0.15, 0.2) is 11.5 Å². The lowest BCUT2D eigenvalue weighted by molar-refractivity contribution is -0.121. The molecular weight excluding hydrogens is 384 g/mol. The van der Waals surface area contributed by atoms with Crippen molar-refractivity contribution in [3.63, 3.8) is 0 Å². The second-order valence-electron chi connectivity index (χ2n) is 5.61. The highest BCUT2D eigenvalue weighted by Crippen LogP contribution is 2.27. The summed E-state index contributed by atoms with van der Waals surface area (Å²) >= 11 is 3.46. The molecular formula is C19H19BrN2O3. The van der Waals surface area contributed by atoms with Crippen LogP contribution in [0.2, 0.25) is 0 Å². The molecule has 2 aromatic carbocycles. The minimum absolute atomic E-state index is 0.0461. The zero-order chi connectivity index (χ0) is 17.8. The summed E-state index contributed by atoms with van der Waals surface area (Å²) in [6.45, 7) is 0.711. The van der Waals surface area contributed by atoms with Crippen LogP contribution in [0.15, 0.2) is 53.1 Å². The number of methoxy groups -OCH3 is 2. The number of amides is 1. The van der Waals surface area contributed by atoms with Crippen molar-refractivity contribution in [3.8, 4) is 11.5 Å². The summed E-state index contributed by atoms with van der Waals surface area (Å²) in [6, 6.07) is 13.6. The molecule has 3 aromatic rings. The number of nitrogens with one attached hydrogen (secondary N) is 1. The van der Waals surface area contributed by atoms with Gasteiger partial charge >= 0.3 is 0 Å². The number of ether oxygens (including phenoxy) is 2. The van der Waals surface area contributed by atoms with E-state index in [2.05, 4.69) is 21.2 Å². The van der Waals surface area contributed by atoms with Crippen molar-refractivity contribution in [2.75, 3.05) is 14.2 Å². The van der Waals surface area contributed by atoms with Crippen LogP contribution in [0.1, 0.15) is 5.56 Å². The Balaban J connectivity index is 1.64. The average Bonchev–Trinajstić information content (AvgIpc) is 3.01. The molecule has 1 heterocycles. The van der Waals surface area contributed by atoms with Gasteiger partial charge in [-0.3, -0.25) is 4.79 Å². The van der Waals surface area contributed by atoms with E-state index < -0.39 is 0 Å². The molecule has 0 unspecified atom stereocenters. The largest absolute Gasteiger partial charge is 0.493 e. The van der Waals surface area contributed by atoms with Crippen molar-refractivity contribution in [1.29, 1.82) is 0 Å². The molecule has 1 N–H and O–H groups in total. The first-order valence-corrected chi connectivity index (χ1v) is 8.62. The van der Waals surface area contributed by atoms with Gasteiger partial charge in [0.25, 0.3) is 0 Å². The van der Waals surface area contributed by atoms with Crippen molar-refractivity contribution in [1.82, 2.24) is 9.88 Å². The van der Waals surface area contributed by atoms with Crippen LogP contribution in [0, 0.1) is 0 Å². The lowest BCUT2D eigenvalue weighted by Gasteiger charge is -2.11. The summed E-state index contributed by atoms with van der Waals surface area (Å²) < 4.78 is 13.5. The van der Waals surface area contributed by atoms with Crippen molar-refractivity contribution in [2.24, 2.45) is 0 Å². The molecule has 6 heteroatoms. The van der Waals surface area contributed by atoms with Gasteiger partial charge in [0.1, 0.15) is 6.54 Å². The van der Waals surface area contributed by atoms with Crippen molar-refractivity contribution < 1.29 is 14.3 Å². The van der Waals surface area contributed by atoms with Crippen molar-refractivity contribution in [2.45, 2.75) is 13.1 Å². The highest BCUT2D eigenvalue weighted by Gasteiger charge is 2.08. The van der Waals surface area contributed by atoms with E-state index in [1.54, 1.807) is 14.2 Å². The molecule has 1 amide bonds. The number of nitrogens with zero attached hydrogens (tertiary/aromatic N) is 1. The third-order valence-electron chi connectivity index (χ3n) is 3.98. The third kappa shape index (κ3) is 3.96. The van der Waals surface area contributed by atoms with Gasteiger partial charge in [0.2, 0.25) is 5.91 Å². The van der Waals surface area contributed by atoms with Crippen LogP contribution in [0.25, 0.3) is 10.9 Å². The Morgan fingerprint density at radius 3 is 2.64 bits per heavy atom. The molecule has 5 nitrogen and oxygen atoms in total. The average molecular weight is 403 g/mol. The first kappa shape index (κ1) is 17.4. The van der Waals surface area contributed by atoms with Crippen molar-refractivity contribution >= 4 is 32.7 Å². The number of rotatable bonds is 6. The Morgan fingerprint density at radius 2 is 1.88 bits per heavy atom. The van der Waals surface area contributed by atoms with Gasteiger partial charge in [-0.05, 0) is 42.0 Å². The molecule has 130 valence electrons. The van der Waals surface area contributed by atoms with E-state index in [0.29, 0.717) is 18.0 Å². The van der Waals surface area contributed by atoms with Gasteiger partial charge in [-0.15, -0.1) is 0 Å². The van der Waals surface area contributed by atoms with Crippen LogP contribution >= 0.6 is 15.9 Å². The number of aromatic nitrogens is 1. The predicted molar refractivity (Wildman–Crippen MR) is 101 cm³/mol. The molecule has 1 aromatic heterocycles. The van der Waals surface area contributed by atoms with Crippen LogP contribution in [-0.2, 0) is 17.9 Å². The lowest BCUT2D eigenvalue weighted by Crippen LogP contribution is -2.26. The highest BCUT2D eigenvalue weighted by atomic mass is 79.9. The zero-order valence-corrected chi connectivity index (χ0v) is 15.7. The van der Waals surface area contributed by atoms with E-state index in [9.17, 15) is 4.79 Å². The molecule has 0 atom stereocenters. The maximum Gasteiger partial charge on any atom is 0.240 e. The molecule has 0 bridgehead atoms. The zero-order valence-electron chi connectivity index (χ0n) is 14.1. The number of hydrogen-bond acceptors (Lipinski definition) is 3. The smallest absolute Gasteiger partial charge is 0.240 e. The van der Waals surface area contributed by atoms with E-state index >= 15 is 0 Å². The first-order chi connectivity index (χ1) is 12.1. The molecule has 0 aliphatic carbocycles. The van der Waals surface area contributed by atoms with Gasteiger partial charge in [0.05, 0.1) is 14.2 Å². The van der Waals surface area contributed by atoms with E-state index in [1.165, 1.54) is 0 Å². The lowest BCUT2D eigenvalue weighted by atomic mass is 10.2. The van der Waals surface area contributed by atoms with Gasteiger partial charge in [0, 0.05) is 28.1 Å². The maximum atomic E-state index is 12.3. The number of hydrogen-bond donors (Lipinski definition) is 1. The quantitative estimate of drug-likeness (QED) is 0.683. The Kier molecular flexibility index (Phi) is 5.28. The molecule has 0 radical (unpaired) electrons. The fourth-order valence-electron chi connectivity index (χ4n) is 2.71. The molecule has 0 fully saturated rings. The second kappa shape index (κ2) is 7.61. The highest BCUT2D eigenvalue weighted by molar-refractivity contribution is 9.10. The minimum atomic E-state index is -0.0461. The van der Waals surface area contributed by atoms with Crippen LogP contribution in [0.4, 0.5) is 0 Å². The third-order valence-corrected chi connectivity index (χ3v) is 4.48. The minimum Gasteiger partial charge on any atom is -0.493 e. The van der Waals surface area contributed by atoms with E-state index in [1.807, 2.05) is 53.2 Å². The van der Waals surface area contributed by atoms with Crippen LogP contribution < -0.4 is 14.8 Å².